The maximum atomic E-state index is 13.0. The van der Waals surface area contributed by atoms with Gasteiger partial charge in [0.15, 0.2) is 0 Å². The van der Waals surface area contributed by atoms with Crippen molar-refractivity contribution in [1.29, 1.82) is 0 Å². The van der Waals surface area contributed by atoms with Gasteiger partial charge >= 0.3 is 0 Å². The lowest BCUT2D eigenvalue weighted by Gasteiger charge is -2.07. The number of nitrogen functional groups attached to an aromatic ring is 1. The number of hydrogen-bond acceptors (Lipinski definition) is 3. The summed E-state index contributed by atoms with van der Waals surface area (Å²) in [7, 11) is -1.52. The van der Waals surface area contributed by atoms with Gasteiger partial charge in [-0.05, 0) is 52.3 Å². The topological polar surface area (TPSA) is 72.2 Å². The van der Waals surface area contributed by atoms with Crippen LogP contribution in [0.2, 0.25) is 0 Å². The molecule has 0 radical (unpaired) electrons. The number of rotatable bonds is 4. The zero-order valence-electron chi connectivity index (χ0n) is 10.8. The van der Waals surface area contributed by atoms with Crippen LogP contribution in [0, 0.1) is 5.82 Å². The molecule has 1 unspecified atom stereocenters. The molecule has 1 amide bonds. The van der Waals surface area contributed by atoms with Crippen LogP contribution in [0.5, 0.6) is 0 Å². The second kappa shape index (κ2) is 6.82. The summed E-state index contributed by atoms with van der Waals surface area (Å²) in [5, 5.41) is 2.50. The molecule has 0 aliphatic heterocycles. The number of anilines is 2. The SMILES string of the molecule is Nc1ccc(S(=O)CC(=O)Nc2cccc(F)c2)c(Br)c1. The maximum Gasteiger partial charge on any atom is 0.237 e. The predicted molar refractivity (Wildman–Crippen MR) is 84.9 cm³/mol. The van der Waals surface area contributed by atoms with E-state index in [0.29, 0.717) is 20.7 Å². The molecule has 2 aromatic rings. The lowest BCUT2D eigenvalue weighted by molar-refractivity contribution is -0.113. The summed E-state index contributed by atoms with van der Waals surface area (Å²) in [6, 6.07) is 10.4. The molecule has 110 valence electrons. The number of nitrogens with one attached hydrogen (secondary N) is 1. The number of halogens is 2. The van der Waals surface area contributed by atoms with Crippen LogP contribution >= 0.6 is 15.9 Å². The van der Waals surface area contributed by atoms with Crippen LogP contribution < -0.4 is 11.1 Å². The van der Waals surface area contributed by atoms with Crippen molar-refractivity contribution in [2.75, 3.05) is 16.8 Å². The van der Waals surface area contributed by atoms with Crippen molar-refractivity contribution in [2.45, 2.75) is 4.90 Å². The van der Waals surface area contributed by atoms with Crippen molar-refractivity contribution in [3.63, 3.8) is 0 Å². The fraction of sp³-hybridized carbons (Fsp3) is 0.0714. The molecule has 2 aromatic carbocycles. The molecule has 0 aliphatic rings. The van der Waals surface area contributed by atoms with Gasteiger partial charge in [0.1, 0.15) is 11.6 Å². The van der Waals surface area contributed by atoms with Crippen molar-refractivity contribution >= 4 is 44.0 Å². The Hall–Kier alpha value is -1.73. The van der Waals surface area contributed by atoms with Crippen LogP contribution in [0.4, 0.5) is 15.8 Å². The standard InChI is InChI=1S/C14H12BrFN2O2S/c15-12-7-10(17)4-5-13(12)21(20)8-14(19)18-11-3-1-2-9(16)6-11/h1-7H,8,17H2,(H,18,19). The van der Waals surface area contributed by atoms with E-state index in [1.54, 1.807) is 24.3 Å². The Labute approximate surface area is 132 Å². The van der Waals surface area contributed by atoms with E-state index in [0.717, 1.165) is 0 Å². The highest BCUT2D eigenvalue weighted by atomic mass is 79.9. The monoisotopic (exact) mass is 370 g/mol. The third kappa shape index (κ3) is 4.37. The van der Waals surface area contributed by atoms with Gasteiger partial charge < -0.3 is 11.1 Å². The Kier molecular flexibility index (Phi) is 5.08. The van der Waals surface area contributed by atoms with Gasteiger partial charge in [0.05, 0.1) is 15.7 Å². The zero-order chi connectivity index (χ0) is 15.4. The summed E-state index contributed by atoms with van der Waals surface area (Å²) in [5.74, 6) is -1.13. The average Bonchev–Trinajstić information content (AvgIpc) is 2.38. The lowest BCUT2D eigenvalue weighted by atomic mass is 10.3. The second-order valence-corrected chi connectivity index (χ2v) is 6.51. The highest BCUT2D eigenvalue weighted by Gasteiger charge is 2.13. The van der Waals surface area contributed by atoms with Gasteiger partial charge in [-0.25, -0.2) is 4.39 Å². The predicted octanol–water partition coefficient (Wildman–Crippen LogP) is 2.92. The van der Waals surface area contributed by atoms with Crippen LogP contribution in [0.3, 0.4) is 0 Å². The molecule has 7 heteroatoms. The molecule has 3 N–H and O–H groups in total. The van der Waals surface area contributed by atoms with Gasteiger partial charge in [0.25, 0.3) is 0 Å². The molecule has 1 atom stereocenters. The van der Waals surface area contributed by atoms with Gasteiger partial charge in [-0.1, -0.05) is 6.07 Å². The molecule has 4 nitrogen and oxygen atoms in total. The van der Waals surface area contributed by atoms with Crippen molar-refractivity contribution in [3.05, 3.63) is 52.8 Å². The van der Waals surface area contributed by atoms with E-state index in [1.165, 1.54) is 18.2 Å². The van der Waals surface area contributed by atoms with Gasteiger partial charge in [-0.15, -0.1) is 0 Å². The van der Waals surface area contributed by atoms with Gasteiger partial charge in [-0.3, -0.25) is 9.00 Å². The van der Waals surface area contributed by atoms with E-state index in [9.17, 15) is 13.4 Å². The maximum absolute atomic E-state index is 13.0. The van der Waals surface area contributed by atoms with Crippen molar-refractivity contribution in [3.8, 4) is 0 Å². The van der Waals surface area contributed by atoms with Crippen molar-refractivity contribution in [2.24, 2.45) is 0 Å². The summed E-state index contributed by atoms with van der Waals surface area (Å²) in [4.78, 5) is 12.3. The van der Waals surface area contributed by atoms with E-state index < -0.39 is 22.5 Å². The van der Waals surface area contributed by atoms with Gasteiger partial charge in [-0.2, -0.15) is 0 Å². The molecular weight excluding hydrogens is 359 g/mol. The van der Waals surface area contributed by atoms with Crippen molar-refractivity contribution < 1.29 is 13.4 Å². The molecule has 2 rings (SSSR count). The van der Waals surface area contributed by atoms with Crippen LogP contribution in [0.25, 0.3) is 0 Å². The normalized spacial score (nSPS) is 11.9. The van der Waals surface area contributed by atoms with Crippen LogP contribution in [-0.2, 0) is 15.6 Å². The van der Waals surface area contributed by atoms with Gasteiger partial charge in [0.2, 0.25) is 5.91 Å². The largest absolute Gasteiger partial charge is 0.399 e. The molecule has 21 heavy (non-hydrogen) atoms. The summed E-state index contributed by atoms with van der Waals surface area (Å²) >= 11 is 3.26. The third-order valence-electron chi connectivity index (χ3n) is 2.57. The Balaban J connectivity index is 2.04. The smallest absolute Gasteiger partial charge is 0.237 e. The average molecular weight is 371 g/mol. The fourth-order valence-electron chi connectivity index (χ4n) is 1.66. The van der Waals surface area contributed by atoms with Gasteiger partial charge in [0, 0.05) is 15.8 Å². The molecule has 0 aromatic heterocycles. The minimum atomic E-state index is -1.52. The number of hydrogen-bond donors (Lipinski definition) is 2. The Morgan fingerprint density at radius 3 is 2.71 bits per heavy atom. The number of carbonyl (C=O) groups is 1. The minimum Gasteiger partial charge on any atom is -0.399 e. The number of carbonyl (C=O) groups excluding carboxylic acids is 1. The summed E-state index contributed by atoms with van der Waals surface area (Å²) in [6.07, 6.45) is 0. The Bertz CT molecular complexity index is 709. The van der Waals surface area contributed by atoms with Crippen molar-refractivity contribution in [1.82, 2.24) is 0 Å². The molecule has 0 heterocycles. The first-order chi connectivity index (χ1) is 9.95. The van der Waals surface area contributed by atoms with E-state index >= 15 is 0 Å². The number of amides is 1. The van der Waals surface area contributed by atoms with Crippen LogP contribution in [-0.4, -0.2) is 15.9 Å². The molecule has 0 saturated heterocycles. The lowest BCUT2D eigenvalue weighted by Crippen LogP contribution is -2.19. The minimum absolute atomic E-state index is 0.223. The molecule has 0 aliphatic carbocycles. The number of nitrogens with two attached hydrogens (primary N) is 1. The first-order valence-corrected chi connectivity index (χ1v) is 8.06. The summed E-state index contributed by atoms with van der Waals surface area (Å²) in [6.45, 7) is 0. The molecule has 0 bridgehead atoms. The fourth-order valence-corrected chi connectivity index (χ4v) is 3.56. The van der Waals surface area contributed by atoms with E-state index in [-0.39, 0.29) is 5.75 Å². The molecule has 0 fully saturated rings. The highest BCUT2D eigenvalue weighted by molar-refractivity contribution is 9.10. The summed E-state index contributed by atoms with van der Waals surface area (Å²) < 4.78 is 25.7. The third-order valence-corrected chi connectivity index (χ3v) is 4.86. The van der Waals surface area contributed by atoms with Crippen LogP contribution in [0.15, 0.2) is 51.8 Å². The first-order valence-electron chi connectivity index (χ1n) is 5.94. The van der Waals surface area contributed by atoms with E-state index in [1.807, 2.05) is 0 Å². The summed E-state index contributed by atoms with van der Waals surface area (Å²) in [5.41, 5.74) is 6.46. The van der Waals surface area contributed by atoms with Crippen LogP contribution in [0.1, 0.15) is 0 Å². The Morgan fingerprint density at radius 1 is 1.29 bits per heavy atom. The zero-order valence-corrected chi connectivity index (χ0v) is 13.2. The van der Waals surface area contributed by atoms with E-state index in [4.69, 9.17) is 5.73 Å². The second-order valence-electron chi connectivity index (χ2n) is 4.24. The molecule has 0 spiro atoms. The highest BCUT2D eigenvalue weighted by Crippen LogP contribution is 2.23. The first kappa shape index (κ1) is 15.7. The molecule has 0 saturated carbocycles. The molecular formula is C14H12BrFN2O2S. The quantitative estimate of drug-likeness (QED) is 0.812. The van der Waals surface area contributed by atoms with E-state index in [2.05, 4.69) is 21.2 Å². The number of benzene rings is 2. The Morgan fingerprint density at radius 2 is 2.05 bits per heavy atom.